The van der Waals surface area contributed by atoms with Gasteiger partial charge in [0, 0.05) is 67.7 Å². The van der Waals surface area contributed by atoms with Crippen LogP contribution in [0.4, 0.5) is 42.0 Å². The van der Waals surface area contributed by atoms with Crippen molar-refractivity contribution in [2.24, 2.45) is 0 Å². The summed E-state index contributed by atoms with van der Waals surface area (Å²) >= 11 is 3.57. The maximum atomic E-state index is 13.9. The normalized spacial score (nSPS) is 17.6. The Labute approximate surface area is 352 Å². The average Bonchev–Trinajstić information content (AvgIpc) is 3.43. The number of sulfonamides is 1. The molecule has 4 heterocycles. The molecule has 20 heteroatoms. The van der Waals surface area contributed by atoms with Gasteiger partial charge in [0.25, 0.3) is 11.8 Å². The first-order chi connectivity index (χ1) is 28.4. The van der Waals surface area contributed by atoms with Crippen molar-refractivity contribution < 1.29 is 40.8 Å². The summed E-state index contributed by atoms with van der Waals surface area (Å²) in [5.74, 6) is -2.69. The monoisotopic (exact) mass is 911 g/mol. The molecule has 2 fully saturated rings. The fourth-order valence-corrected chi connectivity index (χ4v) is 8.49. The molecule has 316 valence electrons. The first kappa shape index (κ1) is 42.5. The van der Waals surface area contributed by atoms with Crippen LogP contribution in [0, 0.1) is 0 Å². The first-order valence-electron chi connectivity index (χ1n) is 18.9. The SMILES string of the molecule is CN(Cc1cc2c(cc1Br)C(=O)N(C1CCC(=O)NC1=O)C2=O)C1CCN(c2ccc(Nc3ncc(C(F)(F)F)c(NCc4cccc(N(C)S(C)(=O)=O)c4)n3)cc2)CC1. The molecular formula is C40H41BrF3N9O6S. The highest BCUT2D eigenvalue weighted by Gasteiger charge is 2.45. The van der Waals surface area contributed by atoms with Crippen LogP contribution in [-0.2, 0) is 38.9 Å². The number of hydrogen-bond donors (Lipinski definition) is 3. The predicted octanol–water partition coefficient (Wildman–Crippen LogP) is 5.51. The van der Waals surface area contributed by atoms with E-state index in [1.165, 1.54) is 7.05 Å². The summed E-state index contributed by atoms with van der Waals surface area (Å²) in [6.07, 6.45) is -1.15. The Kier molecular flexibility index (Phi) is 11.9. The Bertz CT molecular complexity index is 2470. The zero-order valence-corrected chi connectivity index (χ0v) is 35.1. The number of hydrogen-bond acceptors (Lipinski definition) is 12. The topological polar surface area (TPSA) is 177 Å². The molecule has 0 aliphatic carbocycles. The lowest BCUT2D eigenvalue weighted by atomic mass is 10.0. The number of alkyl halides is 3. The van der Waals surface area contributed by atoms with Crippen LogP contribution in [0.15, 0.2) is 71.3 Å². The maximum absolute atomic E-state index is 13.9. The van der Waals surface area contributed by atoms with Crippen molar-refractivity contribution in [1.29, 1.82) is 0 Å². The minimum Gasteiger partial charge on any atom is -0.371 e. The molecule has 1 atom stereocenters. The summed E-state index contributed by atoms with van der Waals surface area (Å²) < 4.78 is 67.5. The molecule has 3 N–H and O–H groups in total. The van der Waals surface area contributed by atoms with E-state index in [1.54, 1.807) is 48.5 Å². The van der Waals surface area contributed by atoms with Gasteiger partial charge in [-0.25, -0.2) is 13.4 Å². The molecule has 0 saturated carbocycles. The molecule has 0 spiro atoms. The summed E-state index contributed by atoms with van der Waals surface area (Å²) in [6, 6.07) is 16.3. The smallest absolute Gasteiger partial charge is 0.371 e. The molecule has 0 radical (unpaired) electrons. The van der Waals surface area contributed by atoms with Crippen LogP contribution in [0.25, 0.3) is 0 Å². The van der Waals surface area contributed by atoms with Crippen LogP contribution in [0.3, 0.4) is 0 Å². The van der Waals surface area contributed by atoms with E-state index in [0.717, 1.165) is 52.6 Å². The van der Waals surface area contributed by atoms with Gasteiger partial charge in [-0.15, -0.1) is 0 Å². The van der Waals surface area contributed by atoms with Crippen LogP contribution in [0.1, 0.15) is 63.1 Å². The number of nitrogens with zero attached hydrogens (tertiary/aromatic N) is 6. The zero-order chi connectivity index (χ0) is 43.1. The van der Waals surface area contributed by atoms with E-state index in [-0.39, 0.29) is 42.5 Å². The second-order valence-electron chi connectivity index (χ2n) is 14.9. The van der Waals surface area contributed by atoms with Gasteiger partial charge in [0.1, 0.15) is 17.4 Å². The largest absolute Gasteiger partial charge is 0.421 e. The second kappa shape index (κ2) is 16.8. The summed E-state index contributed by atoms with van der Waals surface area (Å²) in [4.78, 5) is 64.2. The van der Waals surface area contributed by atoms with Gasteiger partial charge < -0.3 is 15.5 Å². The van der Waals surface area contributed by atoms with Gasteiger partial charge in [-0.3, -0.25) is 38.6 Å². The van der Waals surface area contributed by atoms with E-state index >= 15 is 0 Å². The number of anilines is 5. The van der Waals surface area contributed by atoms with E-state index in [2.05, 4.69) is 51.6 Å². The van der Waals surface area contributed by atoms with Gasteiger partial charge in [0.2, 0.25) is 27.8 Å². The van der Waals surface area contributed by atoms with Gasteiger partial charge in [-0.2, -0.15) is 18.2 Å². The zero-order valence-electron chi connectivity index (χ0n) is 32.7. The highest BCUT2D eigenvalue weighted by Crippen LogP contribution is 2.36. The van der Waals surface area contributed by atoms with Gasteiger partial charge in [0.05, 0.1) is 23.1 Å². The standard InChI is InChI=1S/C40H41BrF3N9O6S/c1-50(22-24-18-29-30(19-32(24)41)38(57)53(37(29)56)33-11-12-34(54)48-36(33)55)26-13-15-52(16-14-26)27-9-7-25(8-10-27)47-39-46-21-31(40(42,43)44)35(49-39)45-20-23-5-4-6-28(17-23)51(2)60(3,58)59/h4-10,17-19,21,26,33H,11-16,20,22H2,1-3H3,(H,48,54,55)(H2,45,46,47,49). The lowest BCUT2D eigenvalue weighted by Crippen LogP contribution is -2.54. The van der Waals surface area contributed by atoms with Crippen molar-refractivity contribution in [3.63, 3.8) is 0 Å². The van der Waals surface area contributed by atoms with E-state index in [4.69, 9.17) is 0 Å². The molecule has 0 bridgehead atoms. The Morgan fingerprint density at radius 2 is 1.63 bits per heavy atom. The number of piperidine rings is 2. The molecular weight excluding hydrogens is 871 g/mol. The fourth-order valence-electron chi connectivity index (χ4n) is 7.53. The molecule has 60 heavy (non-hydrogen) atoms. The van der Waals surface area contributed by atoms with Crippen molar-refractivity contribution in [2.75, 3.05) is 53.3 Å². The summed E-state index contributed by atoms with van der Waals surface area (Å²) in [5, 5.41) is 7.93. The molecule has 7 rings (SSSR count). The third-order valence-corrected chi connectivity index (χ3v) is 12.9. The highest BCUT2D eigenvalue weighted by molar-refractivity contribution is 9.10. The lowest BCUT2D eigenvalue weighted by Gasteiger charge is -2.38. The lowest BCUT2D eigenvalue weighted by molar-refractivity contribution is -0.138. The minimum atomic E-state index is -4.73. The predicted molar refractivity (Wildman–Crippen MR) is 221 cm³/mol. The molecule has 15 nitrogen and oxygen atoms in total. The number of carbonyl (C=O) groups is 4. The summed E-state index contributed by atoms with van der Waals surface area (Å²) in [6.45, 7) is 1.95. The third-order valence-electron chi connectivity index (χ3n) is 10.9. The number of imide groups is 2. The minimum absolute atomic E-state index is 0.0439. The number of aromatic nitrogens is 2. The number of benzene rings is 3. The van der Waals surface area contributed by atoms with E-state index < -0.39 is 57.3 Å². The Hall–Kier alpha value is -5.60. The molecule has 2 saturated heterocycles. The molecule has 3 aromatic carbocycles. The van der Waals surface area contributed by atoms with Gasteiger partial charge in [-0.1, -0.05) is 28.1 Å². The van der Waals surface area contributed by atoms with Gasteiger partial charge in [0.15, 0.2) is 0 Å². The van der Waals surface area contributed by atoms with Crippen molar-refractivity contribution >= 4 is 78.4 Å². The Balaban J connectivity index is 0.949. The van der Waals surface area contributed by atoms with Crippen molar-refractivity contribution in [3.05, 3.63) is 99.2 Å². The summed E-state index contributed by atoms with van der Waals surface area (Å²) in [7, 11) is -0.143. The quantitative estimate of drug-likeness (QED) is 0.152. The van der Waals surface area contributed by atoms with Crippen LogP contribution in [-0.4, -0.2) is 97.3 Å². The number of amides is 4. The van der Waals surface area contributed by atoms with Gasteiger partial charge >= 0.3 is 6.18 Å². The Morgan fingerprint density at radius 3 is 2.28 bits per heavy atom. The fraction of sp³-hybridized carbons (Fsp3) is 0.350. The number of nitrogens with one attached hydrogen (secondary N) is 3. The number of halogens is 4. The molecule has 1 unspecified atom stereocenters. The van der Waals surface area contributed by atoms with E-state index in [0.29, 0.717) is 34.2 Å². The first-order valence-corrected chi connectivity index (χ1v) is 21.6. The maximum Gasteiger partial charge on any atom is 0.421 e. The van der Waals surface area contributed by atoms with E-state index in [9.17, 15) is 40.8 Å². The van der Waals surface area contributed by atoms with Crippen molar-refractivity contribution in [3.8, 4) is 0 Å². The number of carbonyl (C=O) groups excluding carboxylic acids is 4. The molecule has 4 aromatic rings. The van der Waals surface area contributed by atoms with Crippen molar-refractivity contribution in [1.82, 2.24) is 25.1 Å². The summed E-state index contributed by atoms with van der Waals surface area (Å²) in [5.41, 5.74) is 2.64. The van der Waals surface area contributed by atoms with Crippen LogP contribution in [0.2, 0.25) is 0 Å². The second-order valence-corrected chi connectivity index (χ2v) is 17.8. The van der Waals surface area contributed by atoms with Crippen LogP contribution >= 0.6 is 15.9 Å². The Morgan fingerprint density at radius 1 is 0.950 bits per heavy atom. The molecule has 1 aromatic heterocycles. The molecule has 3 aliphatic heterocycles. The van der Waals surface area contributed by atoms with Crippen LogP contribution in [0.5, 0.6) is 0 Å². The van der Waals surface area contributed by atoms with E-state index in [1.807, 2.05) is 19.2 Å². The number of fused-ring (bicyclic) bond motifs is 1. The van der Waals surface area contributed by atoms with Gasteiger partial charge in [-0.05, 0) is 86.0 Å². The number of rotatable bonds is 12. The third kappa shape index (κ3) is 9.09. The average molecular weight is 913 g/mol. The molecule has 3 aliphatic rings. The highest BCUT2D eigenvalue weighted by atomic mass is 79.9. The molecule has 4 amide bonds. The van der Waals surface area contributed by atoms with Crippen LogP contribution < -0.4 is 25.2 Å². The van der Waals surface area contributed by atoms with Crippen molar-refractivity contribution in [2.45, 2.75) is 57.0 Å².